The first-order valence-corrected chi connectivity index (χ1v) is 12.5. The number of carbonyl (C=O) groups excluding carboxylic acids is 2. The molecule has 0 bridgehead atoms. The van der Waals surface area contributed by atoms with E-state index in [9.17, 15) is 14.4 Å². The molecule has 1 aliphatic heterocycles. The molecule has 2 aromatic heterocycles. The van der Waals surface area contributed by atoms with Gasteiger partial charge in [-0.15, -0.1) is 22.7 Å². The van der Waals surface area contributed by atoms with Gasteiger partial charge in [-0.1, -0.05) is 20.8 Å². The fraction of sp³-hybridized carbons (Fsp3) is 0.542. The lowest BCUT2D eigenvalue weighted by Gasteiger charge is -2.39. The molecule has 7 heteroatoms. The Balaban J connectivity index is 2.08. The van der Waals surface area contributed by atoms with Gasteiger partial charge in [0.1, 0.15) is 11.2 Å². The van der Waals surface area contributed by atoms with E-state index in [-0.39, 0.29) is 35.9 Å². The highest BCUT2D eigenvalue weighted by atomic mass is 32.1. The molecule has 3 heterocycles. The zero-order valence-electron chi connectivity index (χ0n) is 19.2. The van der Waals surface area contributed by atoms with E-state index in [1.54, 1.807) is 11.3 Å². The molecule has 1 amide bonds. The van der Waals surface area contributed by atoms with Crippen LogP contribution in [0, 0.1) is 12.3 Å². The molecule has 168 valence electrons. The molecule has 0 saturated carbocycles. The molecule has 2 aromatic rings. The van der Waals surface area contributed by atoms with E-state index in [0.29, 0.717) is 9.20 Å². The van der Waals surface area contributed by atoms with Gasteiger partial charge >= 0.3 is 0 Å². The quantitative estimate of drug-likeness (QED) is 0.703. The molecule has 0 aliphatic carbocycles. The van der Waals surface area contributed by atoms with E-state index < -0.39 is 5.41 Å². The highest BCUT2D eigenvalue weighted by molar-refractivity contribution is 7.13. The molecule has 0 radical (unpaired) electrons. The predicted octanol–water partition coefficient (Wildman–Crippen LogP) is 3.29. The number of carbonyl (C=O) groups is 2. The molecule has 1 aliphatic rings. The number of likely N-dealkylation sites (tertiary alicyclic amines) is 1. The van der Waals surface area contributed by atoms with Gasteiger partial charge in [-0.25, -0.2) is 0 Å². The number of rotatable bonds is 4. The van der Waals surface area contributed by atoms with Crippen molar-refractivity contribution in [3.63, 3.8) is 0 Å². The third kappa shape index (κ3) is 5.44. The second-order valence-corrected chi connectivity index (χ2v) is 11.9. The van der Waals surface area contributed by atoms with Gasteiger partial charge in [0.05, 0.1) is 4.53 Å². The maximum Gasteiger partial charge on any atom is 0.269 e. The Morgan fingerprint density at radius 2 is 1.77 bits per heavy atom. The lowest BCUT2D eigenvalue weighted by Crippen LogP contribution is -2.50. The second-order valence-electron chi connectivity index (χ2n) is 9.48. The summed E-state index contributed by atoms with van der Waals surface area (Å²) in [4.78, 5) is 43.2. The first kappa shape index (κ1) is 23.7. The summed E-state index contributed by atoms with van der Waals surface area (Å²) in [6.45, 7) is 11.7. The Morgan fingerprint density at radius 3 is 2.32 bits per heavy atom. The fourth-order valence-corrected chi connectivity index (χ4v) is 5.84. The van der Waals surface area contributed by atoms with E-state index in [1.807, 2.05) is 50.8 Å². The lowest BCUT2D eigenvalue weighted by molar-refractivity contribution is -0.138. The van der Waals surface area contributed by atoms with Crippen LogP contribution in [0.5, 0.6) is 0 Å². The van der Waals surface area contributed by atoms with E-state index in [1.165, 1.54) is 26.9 Å². The van der Waals surface area contributed by atoms with Gasteiger partial charge in [0, 0.05) is 33.3 Å². The van der Waals surface area contributed by atoms with Gasteiger partial charge in [0.15, 0.2) is 5.78 Å². The standard InChI is InChI=1S/C24H32N2O3S2/c1-15-8-7-9-16(2)26(15)21(28)14-25-22(13-20(27)24(4,5)6)31-19(23(25)29)12-18-11-10-17(3)30-18/h10-13,15-16H,7-9,14H2,1-6H3. The van der Waals surface area contributed by atoms with Crippen molar-refractivity contribution < 1.29 is 9.59 Å². The maximum atomic E-state index is 13.3. The third-order valence-electron chi connectivity index (χ3n) is 5.74. The SMILES string of the molecule is Cc1ccc(C=c2sc(=CC(=O)C(C)(C)C)n(CC(=O)N3C(C)CCCC3C)c2=O)s1. The van der Waals surface area contributed by atoms with Crippen LogP contribution in [-0.2, 0) is 16.1 Å². The molecule has 3 rings (SSSR count). The zero-order valence-corrected chi connectivity index (χ0v) is 20.9. The summed E-state index contributed by atoms with van der Waals surface area (Å²) in [5.41, 5.74) is -0.769. The van der Waals surface area contributed by atoms with Gasteiger partial charge in [0.2, 0.25) is 5.91 Å². The summed E-state index contributed by atoms with van der Waals surface area (Å²) in [6, 6.07) is 4.32. The van der Waals surface area contributed by atoms with Crippen molar-refractivity contribution >= 4 is 46.5 Å². The van der Waals surface area contributed by atoms with Crippen molar-refractivity contribution in [2.45, 2.75) is 79.4 Å². The topological polar surface area (TPSA) is 59.4 Å². The Hall–Kier alpha value is -1.99. The van der Waals surface area contributed by atoms with Crippen LogP contribution in [-0.4, -0.2) is 33.2 Å². The highest BCUT2D eigenvalue weighted by Gasteiger charge is 2.29. The largest absolute Gasteiger partial charge is 0.336 e. The van der Waals surface area contributed by atoms with Crippen molar-refractivity contribution in [2.75, 3.05) is 0 Å². The molecule has 1 saturated heterocycles. The summed E-state index contributed by atoms with van der Waals surface area (Å²) in [7, 11) is 0. The van der Waals surface area contributed by atoms with Crippen molar-refractivity contribution in [1.29, 1.82) is 0 Å². The molecule has 0 aromatic carbocycles. The minimum Gasteiger partial charge on any atom is -0.336 e. The molecule has 0 spiro atoms. The number of hydrogen-bond acceptors (Lipinski definition) is 5. The minimum absolute atomic E-state index is 0.0371. The van der Waals surface area contributed by atoms with Crippen LogP contribution in [0.2, 0.25) is 0 Å². The zero-order chi connectivity index (χ0) is 22.9. The van der Waals surface area contributed by atoms with E-state index in [0.717, 1.165) is 24.1 Å². The Labute approximate surface area is 191 Å². The number of aromatic nitrogens is 1. The predicted molar refractivity (Wildman–Crippen MR) is 129 cm³/mol. The van der Waals surface area contributed by atoms with Crippen molar-refractivity contribution in [2.24, 2.45) is 5.41 Å². The van der Waals surface area contributed by atoms with Gasteiger partial charge in [0.25, 0.3) is 5.56 Å². The van der Waals surface area contributed by atoms with Crippen molar-refractivity contribution in [3.05, 3.63) is 41.4 Å². The molecule has 0 N–H and O–H groups in total. The van der Waals surface area contributed by atoms with E-state index in [2.05, 4.69) is 13.8 Å². The fourth-order valence-electron chi connectivity index (χ4n) is 3.91. The molecule has 2 unspecified atom stereocenters. The Kier molecular flexibility index (Phi) is 7.06. The van der Waals surface area contributed by atoms with Crippen LogP contribution < -0.4 is 14.8 Å². The van der Waals surface area contributed by atoms with Gasteiger partial charge < -0.3 is 4.90 Å². The normalized spacial score (nSPS) is 21.0. The van der Waals surface area contributed by atoms with Crippen LogP contribution in [0.3, 0.4) is 0 Å². The van der Waals surface area contributed by atoms with Crippen molar-refractivity contribution in [3.8, 4) is 0 Å². The molecule has 31 heavy (non-hydrogen) atoms. The maximum absolute atomic E-state index is 13.3. The highest BCUT2D eigenvalue weighted by Crippen LogP contribution is 2.22. The summed E-state index contributed by atoms with van der Waals surface area (Å²) < 4.78 is 2.56. The first-order chi connectivity index (χ1) is 14.5. The summed E-state index contributed by atoms with van der Waals surface area (Å²) >= 11 is 2.89. The van der Waals surface area contributed by atoms with Gasteiger partial charge in [-0.3, -0.25) is 19.0 Å². The number of Topliss-reactive ketones (excluding diaryl/α,β-unsaturated/α-hetero) is 1. The van der Waals surface area contributed by atoms with E-state index >= 15 is 0 Å². The number of ketones is 1. The third-order valence-corrected chi connectivity index (χ3v) is 7.75. The van der Waals surface area contributed by atoms with Crippen LogP contribution in [0.15, 0.2) is 16.9 Å². The molecule has 2 atom stereocenters. The number of thiophene rings is 1. The molecular weight excluding hydrogens is 428 g/mol. The van der Waals surface area contributed by atoms with Crippen molar-refractivity contribution in [1.82, 2.24) is 9.47 Å². The monoisotopic (exact) mass is 460 g/mol. The molecule has 1 fully saturated rings. The minimum atomic E-state index is -0.556. The van der Waals surface area contributed by atoms with Crippen LogP contribution in [0.1, 0.15) is 63.6 Å². The summed E-state index contributed by atoms with van der Waals surface area (Å²) in [6.07, 6.45) is 6.46. The van der Waals surface area contributed by atoms with E-state index in [4.69, 9.17) is 0 Å². The summed E-state index contributed by atoms with van der Waals surface area (Å²) in [5, 5.41) is 0. The number of piperidine rings is 1. The average Bonchev–Trinajstić information content (AvgIpc) is 3.19. The Bertz CT molecular complexity index is 1140. The smallest absolute Gasteiger partial charge is 0.269 e. The number of nitrogens with zero attached hydrogens (tertiary/aromatic N) is 2. The van der Waals surface area contributed by atoms with Crippen LogP contribution in [0.25, 0.3) is 12.2 Å². The molecular formula is C24H32N2O3S2. The number of amides is 1. The Morgan fingerprint density at radius 1 is 1.13 bits per heavy atom. The number of thiazole rings is 1. The lowest BCUT2D eigenvalue weighted by atomic mass is 9.91. The average molecular weight is 461 g/mol. The number of aryl methyl sites for hydroxylation is 1. The first-order valence-electron chi connectivity index (χ1n) is 10.8. The second kappa shape index (κ2) is 9.25. The van der Waals surface area contributed by atoms with Gasteiger partial charge in [-0.05, 0) is 58.2 Å². The van der Waals surface area contributed by atoms with Crippen LogP contribution in [0.4, 0.5) is 0 Å². The van der Waals surface area contributed by atoms with Crippen LogP contribution >= 0.6 is 22.7 Å². The summed E-state index contributed by atoms with van der Waals surface area (Å²) in [5.74, 6) is -0.121. The number of hydrogen-bond donors (Lipinski definition) is 0. The molecule has 5 nitrogen and oxygen atoms in total. The van der Waals surface area contributed by atoms with Gasteiger partial charge in [-0.2, -0.15) is 0 Å².